The zero-order valence-electron chi connectivity index (χ0n) is 18.3. The number of hydrogen-bond donors (Lipinski definition) is 2. The van der Waals surface area contributed by atoms with Crippen molar-refractivity contribution in [3.63, 3.8) is 0 Å². The van der Waals surface area contributed by atoms with Gasteiger partial charge in [0.15, 0.2) is 0 Å². The first-order valence-electron chi connectivity index (χ1n) is 11.0. The fourth-order valence-corrected chi connectivity index (χ4v) is 3.90. The molecule has 2 aromatic carbocycles. The van der Waals surface area contributed by atoms with Crippen molar-refractivity contribution >= 4 is 11.7 Å². The van der Waals surface area contributed by atoms with Crippen LogP contribution in [0, 0.1) is 11.3 Å². The molecule has 0 saturated heterocycles. The molecule has 1 aliphatic carbocycles. The van der Waals surface area contributed by atoms with Gasteiger partial charge in [0.1, 0.15) is 12.4 Å². The third-order valence-corrected chi connectivity index (χ3v) is 5.46. The molecule has 1 unspecified atom stereocenters. The maximum atomic E-state index is 11.5. The molecule has 0 spiro atoms. The summed E-state index contributed by atoms with van der Waals surface area (Å²) in [6, 6.07) is 15.9. The Bertz CT molecular complexity index is 899. The Hall–Kier alpha value is -3.04. The molecule has 2 aromatic rings. The minimum absolute atomic E-state index is 0.195. The molecule has 3 rings (SSSR count). The molecule has 1 atom stereocenters. The molecule has 0 aromatic heterocycles. The highest BCUT2D eigenvalue weighted by Crippen LogP contribution is 2.27. The number of anilines is 1. The summed E-state index contributed by atoms with van der Waals surface area (Å²) in [5, 5.41) is 16.1. The van der Waals surface area contributed by atoms with Crippen LogP contribution >= 0.6 is 0 Å². The Morgan fingerprint density at radius 2 is 1.94 bits per heavy atom. The van der Waals surface area contributed by atoms with Crippen molar-refractivity contribution in [1.29, 1.82) is 5.26 Å². The highest BCUT2D eigenvalue weighted by molar-refractivity contribution is 5.66. The van der Waals surface area contributed by atoms with Gasteiger partial charge in [0.25, 0.3) is 0 Å². The van der Waals surface area contributed by atoms with E-state index in [4.69, 9.17) is 14.7 Å². The molecule has 2 N–H and O–H groups in total. The highest BCUT2D eigenvalue weighted by atomic mass is 16.5. The van der Waals surface area contributed by atoms with Crippen LogP contribution in [0.25, 0.3) is 0 Å². The number of nitriles is 1. The molecule has 1 aliphatic rings. The third kappa shape index (κ3) is 7.01. The Labute approximate surface area is 184 Å². The van der Waals surface area contributed by atoms with Gasteiger partial charge in [-0.15, -0.1) is 0 Å². The summed E-state index contributed by atoms with van der Waals surface area (Å²) >= 11 is 0. The van der Waals surface area contributed by atoms with Crippen molar-refractivity contribution in [1.82, 2.24) is 5.32 Å². The lowest BCUT2D eigenvalue weighted by Crippen LogP contribution is -2.25. The molecule has 1 saturated carbocycles. The number of ether oxygens (including phenoxy) is 2. The molecule has 6 heteroatoms. The Morgan fingerprint density at radius 1 is 1.19 bits per heavy atom. The van der Waals surface area contributed by atoms with E-state index in [0.717, 1.165) is 29.1 Å². The first-order valence-corrected chi connectivity index (χ1v) is 11.0. The summed E-state index contributed by atoms with van der Waals surface area (Å²) in [4.78, 5) is 11.5. The van der Waals surface area contributed by atoms with Gasteiger partial charge in [0.2, 0.25) is 0 Å². The van der Waals surface area contributed by atoms with E-state index in [0.29, 0.717) is 18.2 Å². The average molecular weight is 422 g/mol. The molecule has 1 fully saturated rings. The van der Waals surface area contributed by atoms with E-state index in [1.54, 1.807) is 12.1 Å². The molecule has 0 heterocycles. The molecule has 0 radical (unpaired) electrons. The summed E-state index contributed by atoms with van der Waals surface area (Å²) in [5.74, 6) is 0.480. The molecule has 0 aliphatic heterocycles. The maximum Gasteiger partial charge on any atom is 0.302 e. The van der Waals surface area contributed by atoms with E-state index in [2.05, 4.69) is 28.8 Å². The van der Waals surface area contributed by atoms with E-state index in [-0.39, 0.29) is 18.6 Å². The van der Waals surface area contributed by atoms with Gasteiger partial charge in [-0.2, -0.15) is 5.26 Å². The summed E-state index contributed by atoms with van der Waals surface area (Å²) in [6.07, 6.45) is 5.04. The van der Waals surface area contributed by atoms with Crippen LogP contribution in [0.5, 0.6) is 5.75 Å². The second-order valence-electron chi connectivity index (χ2n) is 7.89. The normalized spacial score (nSPS) is 14.6. The summed E-state index contributed by atoms with van der Waals surface area (Å²) < 4.78 is 11.2. The Morgan fingerprint density at radius 3 is 2.58 bits per heavy atom. The largest absolute Gasteiger partial charge is 0.494 e. The van der Waals surface area contributed by atoms with Crippen molar-refractivity contribution in [3.05, 3.63) is 59.2 Å². The average Bonchev–Trinajstić information content (AvgIpc) is 3.29. The van der Waals surface area contributed by atoms with Crippen LogP contribution in [-0.4, -0.2) is 25.2 Å². The fraction of sp³-hybridized carbons (Fsp3) is 0.440. The first kappa shape index (κ1) is 22.6. The van der Waals surface area contributed by atoms with Gasteiger partial charge in [0, 0.05) is 25.2 Å². The minimum Gasteiger partial charge on any atom is -0.494 e. The van der Waals surface area contributed by atoms with Crippen LogP contribution < -0.4 is 15.4 Å². The number of benzene rings is 2. The number of carbonyl (C=O) groups excluding carboxylic acids is 1. The number of esters is 1. The lowest BCUT2D eigenvalue weighted by molar-refractivity contribution is -0.141. The zero-order chi connectivity index (χ0) is 22.1. The second-order valence-corrected chi connectivity index (χ2v) is 7.89. The molecule has 164 valence electrons. The quantitative estimate of drug-likeness (QED) is 0.541. The predicted molar refractivity (Wildman–Crippen MR) is 121 cm³/mol. The predicted octanol–water partition coefficient (Wildman–Crippen LogP) is 4.71. The summed E-state index contributed by atoms with van der Waals surface area (Å²) in [6.45, 7) is 4.92. The van der Waals surface area contributed by atoms with Crippen LogP contribution in [0.4, 0.5) is 5.69 Å². The monoisotopic (exact) mass is 421 g/mol. The molecule has 6 nitrogen and oxygen atoms in total. The van der Waals surface area contributed by atoms with E-state index < -0.39 is 0 Å². The summed E-state index contributed by atoms with van der Waals surface area (Å²) in [7, 11) is 0. The second kappa shape index (κ2) is 11.4. The lowest BCUT2D eigenvalue weighted by Gasteiger charge is -2.22. The molecule has 31 heavy (non-hydrogen) atoms. The van der Waals surface area contributed by atoms with Gasteiger partial charge >= 0.3 is 5.97 Å². The lowest BCUT2D eigenvalue weighted by atomic mass is 10.0. The molecular weight excluding hydrogens is 390 g/mol. The van der Waals surface area contributed by atoms with Crippen molar-refractivity contribution < 1.29 is 14.3 Å². The number of carbonyl (C=O) groups is 1. The third-order valence-electron chi connectivity index (χ3n) is 5.46. The Balaban J connectivity index is 1.83. The van der Waals surface area contributed by atoms with Crippen LogP contribution in [0.3, 0.4) is 0 Å². The smallest absolute Gasteiger partial charge is 0.302 e. The Kier molecular flexibility index (Phi) is 8.31. The minimum atomic E-state index is -0.323. The van der Waals surface area contributed by atoms with Gasteiger partial charge in [-0.1, -0.05) is 18.9 Å². The SMILES string of the molecule is CCOc1cc(CNC2CCCC2)cc(C(COC(C)=O)Nc2ccc(C#N)cc2)c1. The summed E-state index contributed by atoms with van der Waals surface area (Å²) in [5.41, 5.74) is 3.58. The van der Waals surface area contributed by atoms with E-state index >= 15 is 0 Å². The van der Waals surface area contributed by atoms with E-state index in [1.165, 1.54) is 32.6 Å². The topological polar surface area (TPSA) is 83.4 Å². The van der Waals surface area contributed by atoms with Crippen molar-refractivity contribution in [2.24, 2.45) is 0 Å². The van der Waals surface area contributed by atoms with Gasteiger partial charge in [-0.25, -0.2) is 0 Å². The van der Waals surface area contributed by atoms with Gasteiger partial charge in [-0.05, 0) is 67.3 Å². The molecular formula is C25H31N3O3. The number of hydrogen-bond acceptors (Lipinski definition) is 6. The van der Waals surface area contributed by atoms with Crippen LogP contribution in [0.2, 0.25) is 0 Å². The standard InChI is InChI=1S/C25H31N3O3/c1-3-30-24-13-20(16-27-22-6-4-5-7-22)12-21(14-24)25(17-31-18(2)29)28-23-10-8-19(15-26)9-11-23/h8-14,22,25,27-28H,3-7,16-17H2,1-2H3. The molecule has 0 amide bonds. The highest BCUT2D eigenvalue weighted by Gasteiger charge is 2.18. The van der Waals surface area contributed by atoms with Crippen LogP contribution in [0.1, 0.15) is 62.3 Å². The maximum absolute atomic E-state index is 11.5. The number of nitrogens with zero attached hydrogens (tertiary/aromatic N) is 1. The van der Waals surface area contributed by atoms with E-state index in [9.17, 15) is 4.79 Å². The first-order chi connectivity index (χ1) is 15.1. The van der Waals surface area contributed by atoms with Gasteiger partial charge in [-0.3, -0.25) is 4.79 Å². The zero-order valence-corrected chi connectivity index (χ0v) is 18.3. The molecule has 0 bridgehead atoms. The van der Waals surface area contributed by atoms with Crippen molar-refractivity contribution in [3.8, 4) is 11.8 Å². The van der Waals surface area contributed by atoms with Gasteiger partial charge in [0.05, 0.1) is 24.3 Å². The number of rotatable bonds is 10. The van der Waals surface area contributed by atoms with Crippen molar-refractivity contribution in [2.45, 2.75) is 58.2 Å². The van der Waals surface area contributed by atoms with E-state index in [1.807, 2.05) is 25.1 Å². The number of nitrogens with one attached hydrogen (secondary N) is 2. The van der Waals surface area contributed by atoms with Crippen LogP contribution in [0.15, 0.2) is 42.5 Å². The van der Waals surface area contributed by atoms with Crippen LogP contribution in [-0.2, 0) is 16.1 Å². The van der Waals surface area contributed by atoms with Gasteiger partial charge < -0.3 is 20.1 Å². The van der Waals surface area contributed by atoms with Crippen molar-refractivity contribution in [2.75, 3.05) is 18.5 Å². The fourth-order valence-electron chi connectivity index (χ4n) is 3.90.